The molecule has 0 spiro atoms. The summed E-state index contributed by atoms with van der Waals surface area (Å²) >= 11 is 1.74. The van der Waals surface area contributed by atoms with E-state index < -0.39 is 0 Å². The van der Waals surface area contributed by atoms with E-state index in [-0.39, 0.29) is 31.4 Å². The van der Waals surface area contributed by atoms with Crippen LogP contribution in [0.3, 0.4) is 0 Å². The molecule has 0 aliphatic carbocycles. The Kier molecular flexibility index (Phi) is 8.64. The highest BCUT2D eigenvalue weighted by molar-refractivity contribution is 7.21. The summed E-state index contributed by atoms with van der Waals surface area (Å²) in [6.07, 6.45) is 4.35. The number of aryl methyl sites for hydroxylation is 1. The summed E-state index contributed by atoms with van der Waals surface area (Å²) in [5, 5.41) is 1.05. The van der Waals surface area contributed by atoms with Gasteiger partial charge in [-0.15, -0.1) is 11.3 Å². The third kappa shape index (κ3) is 5.11. The number of benzene rings is 4. The quantitative estimate of drug-likeness (QED) is 0.192. The summed E-state index contributed by atoms with van der Waals surface area (Å²) in [6, 6.07) is 36.1. The third-order valence-electron chi connectivity index (χ3n) is 6.49. The lowest BCUT2D eigenvalue weighted by atomic mass is 10.2. The highest BCUT2D eigenvalue weighted by Crippen LogP contribution is 2.32. The van der Waals surface area contributed by atoms with E-state index in [2.05, 4.69) is 131 Å². The van der Waals surface area contributed by atoms with E-state index in [0.717, 1.165) is 39.8 Å². The minimum absolute atomic E-state index is 0. The van der Waals surface area contributed by atoms with Crippen molar-refractivity contribution in [3.8, 4) is 16.3 Å². The van der Waals surface area contributed by atoms with Crippen LogP contribution in [-0.2, 0) is 6.54 Å². The molecule has 0 saturated carbocycles. The van der Waals surface area contributed by atoms with Crippen molar-refractivity contribution < 1.29 is 28.5 Å². The maximum absolute atomic E-state index is 4.91. The predicted octanol–water partition coefficient (Wildman–Crippen LogP) is 4.96. The molecular formula is C32H31IN4S. The minimum atomic E-state index is 0. The first kappa shape index (κ1) is 27.5. The molecule has 0 amide bonds. The highest BCUT2D eigenvalue weighted by Gasteiger charge is 2.25. The number of hydrogen-bond acceptors (Lipinski definition) is 3. The van der Waals surface area contributed by atoms with Crippen LogP contribution in [0, 0.1) is 0 Å². The predicted molar refractivity (Wildman–Crippen MR) is 158 cm³/mol. The van der Waals surface area contributed by atoms with Gasteiger partial charge in [0.05, 0.1) is 16.8 Å². The summed E-state index contributed by atoms with van der Waals surface area (Å²) in [5.74, 6) is 1.13. The lowest BCUT2D eigenvalue weighted by molar-refractivity contribution is -0.670. The number of hydrogen-bond donors (Lipinski definition) is 0. The summed E-state index contributed by atoms with van der Waals surface area (Å²) in [6.45, 7) is 3.06. The van der Waals surface area contributed by atoms with Crippen LogP contribution in [0.4, 0.5) is 5.69 Å². The topological polar surface area (TPSA) is 24.9 Å². The number of thiazole rings is 1. The van der Waals surface area contributed by atoms with Crippen molar-refractivity contribution >= 4 is 44.4 Å². The Hall–Kier alpha value is -3.49. The monoisotopic (exact) mass is 630 g/mol. The molecule has 0 saturated heterocycles. The van der Waals surface area contributed by atoms with Crippen LogP contribution in [0.25, 0.3) is 43.6 Å². The molecule has 0 N–H and O–H groups in total. The Balaban J connectivity index is 0.00000168. The van der Waals surface area contributed by atoms with Crippen molar-refractivity contribution in [3.05, 3.63) is 115 Å². The Bertz CT molecular complexity index is 1650. The van der Waals surface area contributed by atoms with E-state index in [1.807, 2.05) is 12.1 Å². The summed E-state index contributed by atoms with van der Waals surface area (Å²) in [4.78, 5) is 7.06. The zero-order chi connectivity index (χ0) is 24.5. The molecule has 0 fully saturated rings. The largest absolute Gasteiger partial charge is 1.00 e. The first-order valence-corrected chi connectivity index (χ1v) is 13.0. The standard InChI is InChI=1S/C31H27N4S.CH4.HI/c1-3-34-28-22-23(31-32-26-16-10-11-17-29(26)36-31)18-19-27(28)35(25-14-8-5-9-15-25)30(34)20-21-33(2)24-12-6-4-7-13-24;;/h4-22H,3H2,1-2H3;1H4;1H/q+1;;/p-1. The van der Waals surface area contributed by atoms with Crippen LogP contribution >= 0.6 is 11.3 Å². The van der Waals surface area contributed by atoms with Gasteiger partial charge in [-0.05, 0) is 61.5 Å². The van der Waals surface area contributed by atoms with Gasteiger partial charge in [0, 0.05) is 30.6 Å². The molecule has 6 aromatic rings. The van der Waals surface area contributed by atoms with Crippen LogP contribution < -0.4 is 33.4 Å². The summed E-state index contributed by atoms with van der Waals surface area (Å²) in [7, 11) is 2.09. The second-order valence-electron chi connectivity index (χ2n) is 8.73. The molecule has 2 heterocycles. The SMILES string of the molecule is C.CC[n+]1c(/C=C/N(C)c2ccccc2)n(-c2ccccc2)c2ccc(-c3nc4ccccc4s3)cc21.[I-]. The fourth-order valence-corrected chi connectivity index (χ4v) is 5.66. The minimum Gasteiger partial charge on any atom is -1.00 e. The Morgan fingerprint density at radius 1 is 0.895 bits per heavy atom. The van der Waals surface area contributed by atoms with Crippen molar-refractivity contribution in [3.63, 3.8) is 0 Å². The van der Waals surface area contributed by atoms with Crippen LogP contribution in [-0.4, -0.2) is 16.6 Å². The van der Waals surface area contributed by atoms with Gasteiger partial charge in [-0.1, -0.05) is 56.0 Å². The molecule has 0 aliphatic heterocycles. The zero-order valence-corrected chi connectivity index (χ0v) is 23.7. The highest BCUT2D eigenvalue weighted by atomic mass is 127. The molecule has 2 aromatic heterocycles. The van der Waals surface area contributed by atoms with Crippen molar-refractivity contribution in [2.24, 2.45) is 0 Å². The second-order valence-corrected chi connectivity index (χ2v) is 9.76. The van der Waals surface area contributed by atoms with Gasteiger partial charge in [0.1, 0.15) is 10.7 Å². The van der Waals surface area contributed by atoms with Gasteiger partial charge >= 0.3 is 0 Å². The smallest absolute Gasteiger partial charge is 0.289 e. The van der Waals surface area contributed by atoms with Gasteiger partial charge in [-0.25, -0.2) is 9.55 Å². The summed E-state index contributed by atoms with van der Waals surface area (Å²) < 4.78 is 5.94. The molecule has 6 rings (SSSR count). The fraction of sp³-hybridized carbons (Fsp3) is 0.125. The number of nitrogens with zero attached hydrogens (tertiary/aromatic N) is 4. The first-order chi connectivity index (χ1) is 17.7. The first-order valence-electron chi connectivity index (χ1n) is 12.2. The molecule has 192 valence electrons. The molecule has 0 unspecified atom stereocenters. The molecule has 0 atom stereocenters. The second kappa shape index (κ2) is 11.9. The maximum atomic E-state index is 4.91. The molecule has 4 nitrogen and oxygen atoms in total. The van der Waals surface area contributed by atoms with E-state index in [4.69, 9.17) is 4.98 Å². The van der Waals surface area contributed by atoms with Crippen molar-refractivity contribution in [1.82, 2.24) is 9.55 Å². The van der Waals surface area contributed by atoms with Crippen molar-refractivity contribution in [2.75, 3.05) is 11.9 Å². The number of para-hydroxylation sites is 3. The van der Waals surface area contributed by atoms with Gasteiger partial charge in [-0.3, -0.25) is 0 Å². The number of imidazole rings is 1. The van der Waals surface area contributed by atoms with Gasteiger partial charge < -0.3 is 28.9 Å². The number of rotatable bonds is 6. The Labute approximate surface area is 245 Å². The van der Waals surface area contributed by atoms with E-state index >= 15 is 0 Å². The van der Waals surface area contributed by atoms with E-state index in [9.17, 15) is 0 Å². The normalized spacial score (nSPS) is 11.0. The summed E-state index contributed by atoms with van der Waals surface area (Å²) in [5.41, 5.74) is 6.86. The van der Waals surface area contributed by atoms with Crippen molar-refractivity contribution in [2.45, 2.75) is 20.9 Å². The van der Waals surface area contributed by atoms with Gasteiger partial charge in [0.15, 0.2) is 11.0 Å². The van der Waals surface area contributed by atoms with Gasteiger partial charge in [-0.2, -0.15) is 4.57 Å². The fourth-order valence-electron chi connectivity index (χ4n) is 4.70. The van der Waals surface area contributed by atoms with Crippen LogP contribution in [0.5, 0.6) is 0 Å². The molecule has 0 bridgehead atoms. The Morgan fingerprint density at radius 3 is 2.29 bits per heavy atom. The van der Waals surface area contributed by atoms with Gasteiger partial charge in [0.2, 0.25) is 0 Å². The zero-order valence-electron chi connectivity index (χ0n) is 20.8. The molecule has 38 heavy (non-hydrogen) atoms. The van der Waals surface area contributed by atoms with Crippen LogP contribution in [0.15, 0.2) is 109 Å². The lowest BCUT2D eigenvalue weighted by Crippen LogP contribution is -3.00. The van der Waals surface area contributed by atoms with E-state index in [0.29, 0.717) is 0 Å². The lowest BCUT2D eigenvalue weighted by Gasteiger charge is -2.13. The number of halogens is 1. The van der Waals surface area contributed by atoms with Crippen LogP contribution in [0.1, 0.15) is 20.2 Å². The maximum Gasteiger partial charge on any atom is 0.289 e. The average molecular weight is 631 g/mol. The molecular weight excluding hydrogens is 599 g/mol. The van der Waals surface area contributed by atoms with E-state index in [1.54, 1.807) is 11.3 Å². The van der Waals surface area contributed by atoms with Crippen LogP contribution in [0.2, 0.25) is 0 Å². The van der Waals surface area contributed by atoms with E-state index in [1.165, 1.54) is 15.7 Å². The average Bonchev–Trinajstić information content (AvgIpc) is 3.51. The third-order valence-corrected chi connectivity index (χ3v) is 7.58. The molecule has 0 radical (unpaired) electrons. The number of aromatic nitrogens is 3. The molecule has 6 heteroatoms. The molecule has 4 aromatic carbocycles. The number of anilines is 1. The Morgan fingerprint density at radius 2 is 1.58 bits per heavy atom. The van der Waals surface area contributed by atoms with Gasteiger partial charge in [0.25, 0.3) is 5.82 Å². The number of fused-ring (bicyclic) bond motifs is 2. The molecule has 0 aliphatic rings. The van der Waals surface area contributed by atoms with Crippen molar-refractivity contribution in [1.29, 1.82) is 0 Å².